The third-order valence-corrected chi connectivity index (χ3v) is 2.97. The van der Waals surface area contributed by atoms with Crippen LogP contribution in [0.3, 0.4) is 0 Å². The number of rotatable bonds is 6. The van der Waals surface area contributed by atoms with Gasteiger partial charge in [-0.3, -0.25) is 0 Å². The quantitative estimate of drug-likeness (QED) is 0.881. The number of nitrogens with zero attached hydrogens (tertiary/aromatic N) is 3. The zero-order chi connectivity index (χ0) is 14.5. The van der Waals surface area contributed by atoms with Crippen molar-refractivity contribution in [2.45, 2.75) is 39.5 Å². The first-order valence-corrected chi connectivity index (χ1v) is 6.66. The number of ether oxygens (including phenoxy) is 1. The van der Waals surface area contributed by atoms with Gasteiger partial charge >= 0.3 is 0 Å². The van der Waals surface area contributed by atoms with Gasteiger partial charge in [-0.05, 0) is 31.0 Å². The monoisotopic (exact) mass is 278 g/mol. The Morgan fingerprint density at radius 3 is 2.90 bits per heavy atom. The van der Waals surface area contributed by atoms with Gasteiger partial charge in [-0.1, -0.05) is 13.0 Å². The third kappa shape index (κ3) is 3.33. The second-order valence-corrected chi connectivity index (χ2v) is 4.67. The topological polar surface area (TPSA) is 66.0 Å². The molecule has 108 valence electrons. The minimum absolute atomic E-state index is 0.189. The molecule has 20 heavy (non-hydrogen) atoms. The van der Waals surface area contributed by atoms with E-state index in [1.165, 1.54) is 12.4 Å². The van der Waals surface area contributed by atoms with Gasteiger partial charge in [0.05, 0.1) is 0 Å². The predicted octanol–water partition coefficient (Wildman–Crippen LogP) is 2.43. The fourth-order valence-corrected chi connectivity index (χ4v) is 1.86. The van der Waals surface area contributed by atoms with E-state index < -0.39 is 5.82 Å². The first-order chi connectivity index (χ1) is 9.61. The summed E-state index contributed by atoms with van der Waals surface area (Å²) in [4.78, 5) is 4.11. The summed E-state index contributed by atoms with van der Waals surface area (Å²) in [6.07, 6.45) is 2.43. The van der Waals surface area contributed by atoms with Crippen LogP contribution in [0.15, 0.2) is 24.5 Å². The van der Waals surface area contributed by atoms with Crippen molar-refractivity contribution < 1.29 is 9.13 Å². The molecule has 1 aromatic heterocycles. The van der Waals surface area contributed by atoms with Crippen LogP contribution in [0.4, 0.5) is 4.39 Å². The lowest BCUT2D eigenvalue weighted by atomic mass is 10.1. The normalized spacial score (nSPS) is 12.4. The summed E-state index contributed by atoms with van der Waals surface area (Å²) < 4.78 is 21.1. The molecule has 0 aliphatic rings. The molecule has 0 radical (unpaired) electrons. The lowest BCUT2D eigenvalue weighted by Gasteiger charge is -2.10. The summed E-state index contributed by atoms with van der Waals surface area (Å²) in [5.74, 6) is 0.462. The zero-order valence-corrected chi connectivity index (χ0v) is 11.7. The molecule has 0 aliphatic carbocycles. The standard InChI is InChI=1S/C14H19FN4O/c1-3-6-19-14(17-9-18-19)8-20-13-5-4-11(10(2)16)7-12(13)15/h4-5,7,9-10H,3,6,8,16H2,1-2H3. The Kier molecular flexibility index (Phi) is 4.68. The van der Waals surface area contributed by atoms with Crippen molar-refractivity contribution in [3.63, 3.8) is 0 Å². The molecule has 1 aromatic carbocycles. The molecule has 1 atom stereocenters. The minimum Gasteiger partial charge on any atom is -0.483 e. The molecular weight excluding hydrogens is 259 g/mol. The highest BCUT2D eigenvalue weighted by atomic mass is 19.1. The molecule has 0 amide bonds. The molecule has 0 aliphatic heterocycles. The first kappa shape index (κ1) is 14.5. The second-order valence-electron chi connectivity index (χ2n) is 4.67. The summed E-state index contributed by atoms with van der Waals surface area (Å²) in [6.45, 7) is 4.82. The second kappa shape index (κ2) is 6.47. The van der Waals surface area contributed by atoms with Crippen LogP contribution in [0.5, 0.6) is 5.75 Å². The maximum Gasteiger partial charge on any atom is 0.165 e. The van der Waals surface area contributed by atoms with Crippen LogP contribution >= 0.6 is 0 Å². The summed E-state index contributed by atoms with van der Waals surface area (Å²) >= 11 is 0. The van der Waals surface area contributed by atoms with E-state index in [1.54, 1.807) is 16.8 Å². The number of benzene rings is 1. The number of aryl methyl sites for hydroxylation is 1. The van der Waals surface area contributed by atoms with Crippen LogP contribution in [-0.2, 0) is 13.2 Å². The Labute approximate surface area is 117 Å². The molecule has 0 fully saturated rings. The number of nitrogens with two attached hydrogens (primary N) is 1. The van der Waals surface area contributed by atoms with E-state index in [4.69, 9.17) is 10.5 Å². The van der Waals surface area contributed by atoms with Gasteiger partial charge in [-0.15, -0.1) is 0 Å². The molecular formula is C14H19FN4O. The lowest BCUT2D eigenvalue weighted by molar-refractivity contribution is 0.272. The van der Waals surface area contributed by atoms with Gasteiger partial charge in [-0.2, -0.15) is 5.10 Å². The Morgan fingerprint density at radius 2 is 2.25 bits per heavy atom. The summed E-state index contributed by atoms with van der Waals surface area (Å²) in [5, 5.41) is 4.09. The van der Waals surface area contributed by atoms with Gasteiger partial charge < -0.3 is 10.5 Å². The molecule has 2 N–H and O–H groups in total. The molecule has 0 saturated heterocycles. The van der Waals surface area contributed by atoms with Crippen LogP contribution in [-0.4, -0.2) is 14.8 Å². The lowest BCUT2D eigenvalue weighted by Crippen LogP contribution is -2.09. The number of aromatic nitrogens is 3. The van der Waals surface area contributed by atoms with E-state index in [0.717, 1.165) is 18.5 Å². The summed E-state index contributed by atoms with van der Waals surface area (Å²) in [6, 6.07) is 4.55. The number of halogens is 1. The number of hydrogen-bond acceptors (Lipinski definition) is 4. The molecule has 6 heteroatoms. The zero-order valence-electron chi connectivity index (χ0n) is 11.7. The predicted molar refractivity (Wildman–Crippen MR) is 73.6 cm³/mol. The molecule has 2 aromatic rings. The maximum atomic E-state index is 13.9. The van der Waals surface area contributed by atoms with Crippen molar-refractivity contribution in [1.82, 2.24) is 14.8 Å². The first-order valence-electron chi connectivity index (χ1n) is 6.66. The van der Waals surface area contributed by atoms with E-state index in [-0.39, 0.29) is 18.4 Å². The van der Waals surface area contributed by atoms with E-state index in [2.05, 4.69) is 17.0 Å². The van der Waals surface area contributed by atoms with E-state index >= 15 is 0 Å². The van der Waals surface area contributed by atoms with Gasteiger partial charge in [0.15, 0.2) is 17.4 Å². The largest absolute Gasteiger partial charge is 0.483 e. The maximum absolute atomic E-state index is 13.9. The van der Waals surface area contributed by atoms with Crippen LogP contribution in [0, 0.1) is 5.82 Å². The van der Waals surface area contributed by atoms with Gasteiger partial charge in [0.1, 0.15) is 12.9 Å². The van der Waals surface area contributed by atoms with Crippen LogP contribution < -0.4 is 10.5 Å². The van der Waals surface area contributed by atoms with Crippen molar-refractivity contribution in [2.24, 2.45) is 5.73 Å². The molecule has 5 nitrogen and oxygen atoms in total. The number of hydrogen-bond donors (Lipinski definition) is 1. The van der Waals surface area contributed by atoms with Crippen molar-refractivity contribution in [1.29, 1.82) is 0 Å². The van der Waals surface area contributed by atoms with E-state index in [1.807, 2.05) is 6.92 Å². The Balaban J connectivity index is 2.05. The molecule has 1 heterocycles. The van der Waals surface area contributed by atoms with Crippen LogP contribution in [0.2, 0.25) is 0 Å². The fourth-order valence-electron chi connectivity index (χ4n) is 1.86. The van der Waals surface area contributed by atoms with Crippen LogP contribution in [0.1, 0.15) is 37.7 Å². The van der Waals surface area contributed by atoms with Crippen molar-refractivity contribution in [2.75, 3.05) is 0 Å². The average molecular weight is 278 g/mol. The van der Waals surface area contributed by atoms with Gasteiger partial charge in [0.25, 0.3) is 0 Å². The van der Waals surface area contributed by atoms with Crippen LogP contribution in [0.25, 0.3) is 0 Å². The van der Waals surface area contributed by atoms with Crippen molar-refractivity contribution in [3.05, 3.63) is 41.7 Å². The molecule has 1 unspecified atom stereocenters. The van der Waals surface area contributed by atoms with Gasteiger partial charge in [0.2, 0.25) is 0 Å². The van der Waals surface area contributed by atoms with E-state index in [9.17, 15) is 4.39 Å². The van der Waals surface area contributed by atoms with Gasteiger partial charge in [0, 0.05) is 12.6 Å². The van der Waals surface area contributed by atoms with Gasteiger partial charge in [-0.25, -0.2) is 14.1 Å². The molecule has 2 rings (SSSR count). The van der Waals surface area contributed by atoms with Crippen molar-refractivity contribution >= 4 is 0 Å². The highest BCUT2D eigenvalue weighted by molar-refractivity contribution is 5.30. The summed E-state index contributed by atoms with van der Waals surface area (Å²) in [5.41, 5.74) is 6.45. The third-order valence-electron chi connectivity index (χ3n) is 2.97. The Morgan fingerprint density at radius 1 is 1.45 bits per heavy atom. The highest BCUT2D eigenvalue weighted by Gasteiger charge is 2.09. The smallest absolute Gasteiger partial charge is 0.165 e. The Hall–Kier alpha value is -1.95. The van der Waals surface area contributed by atoms with Crippen molar-refractivity contribution in [3.8, 4) is 5.75 Å². The minimum atomic E-state index is -0.415. The summed E-state index contributed by atoms with van der Waals surface area (Å²) in [7, 11) is 0. The molecule has 0 spiro atoms. The van der Waals surface area contributed by atoms with E-state index in [0.29, 0.717) is 5.82 Å². The molecule has 0 bridgehead atoms. The highest BCUT2D eigenvalue weighted by Crippen LogP contribution is 2.21. The Bertz CT molecular complexity index is 568. The average Bonchev–Trinajstić information content (AvgIpc) is 2.85. The SMILES string of the molecule is CCCn1ncnc1COc1ccc(C(C)N)cc1F. The fraction of sp³-hybridized carbons (Fsp3) is 0.429. The molecule has 0 saturated carbocycles.